The highest BCUT2D eigenvalue weighted by molar-refractivity contribution is 5.83. The Morgan fingerprint density at radius 1 is 1.11 bits per heavy atom. The van der Waals surface area contributed by atoms with E-state index >= 15 is 0 Å². The first-order valence-corrected chi connectivity index (χ1v) is 12.2. The molecule has 1 fully saturated rings. The van der Waals surface area contributed by atoms with Crippen molar-refractivity contribution in [1.82, 2.24) is 34.7 Å². The first-order valence-electron chi connectivity index (χ1n) is 12.2. The smallest absolute Gasteiger partial charge is 0.229 e. The normalized spacial score (nSPS) is 16.7. The Bertz CT molecular complexity index is 1380. The Hall–Kier alpha value is -3.50. The van der Waals surface area contributed by atoms with Gasteiger partial charge in [-0.05, 0) is 51.5 Å². The number of nitrogens with one attached hydrogen (secondary N) is 2. The minimum atomic E-state index is -0.639. The molecule has 0 radical (unpaired) electrons. The zero-order chi connectivity index (χ0) is 25.4. The van der Waals surface area contributed by atoms with E-state index in [4.69, 9.17) is 0 Å². The maximum Gasteiger partial charge on any atom is 0.229 e. The Morgan fingerprint density at radius 3 is 2.67 bits per heavy atom. The molecule has 1 unspecified atom stereocenters. The van der Waals surface area contributed by atoms with Crippen molar-refractivity contribution in [2.45, 2.75) is 46.3 Å². The van der Waals surface area contributed by atoms with Crippen LogP contribution in [0.15, 0.2) is 36.7 Å². The number of fused-ring (bicyclic) bond motifs is 1. The van der Waals surface area contributed by atoms with E-state index in [1.165, 1.54) is 6.07 Å². The summed E-state index contributed by atoms with van der Waals surface area (Å²) < 4.78 is 31.6. The van der Waals surface area contributed by atoms with E-state index in [1.54, 1.807) is 6.07 Å². The fourth-order valence-corrected chi connectivity index (χ4v) is 4.75. The minimum Gasteiger partial charge on any atom is -0.326 e. The molecule has 0 spiro atoms. The van der Waals surface area contributed by atoms with Gasteiger partial charge >= 0.3 is 0 Å². The Labute approximate surface area is 208 Å². The maximum absolute atomic E-state index is 14.9. The van der Waals surface area contributed by atoms with Crippen LogP contribution in [-0.2, 0) is 6.54 Å². The van der Waals surface area contributed by atoms with Gasteiger partial charge in [0.2, 0.25) is 5.95 Å². The lowest BCUT2D eigenvalue weighted by molar-refractivity contribution is 0.165. The molecule has 1 aromatic carbocycles. The SMILES string of the molecule is Cc1nc2c(F)cc(-c3nc(Nc4ccc(CN5CCNCC5C)cn4)ncc3F)cc2n1C(C)C. The summed E-state index contributed by atoms with van der Waals surface area (Å²) in [5.74, 6) is 0.257. The van der Waals surface area contributed by atoms with Crippen LogP contribution >= 0.6 is 0 Å². The number of rotatable bonds is 6. The molecule has 1 atom stereocenters. The monoisotopic (exact) mass is 492 g/mol. The summed E-state index contributed by atoms with van der Waals surface area (Å²) in [6.45, 7) is 11.8. The van der Waals surface area contributed by atoms with E-state index in [0.29, 0.717) is 28.8 Å². The second-order valence-electron chi connectivity index (χ2n) is 9.54. The highest BCUT2D eigenvalue weighted by Gasteiger charge is 2.19. The zero-order valence-corrected chi connectivity index (χ0v) is 20.9. The molecule has 10 heteroatoms. The van der Waals surface area contributed by atoms with Crippen LogP contribution in [0.3, 0.4) is 0 Å². The van der Waals surface area contributed by atoms with Gasteiger partial charge in [0.1, 0.15) is 22.9 Å². The molecular formula is C26H30F2N8. The van der Waals surface area contributed by atoms with Crippen LogP contribution in [0, 0.1) is 18.6 Å². The number of hydrogen-bond acceptors (Lipinski definition) is 7. The summed E-state index contributed by atoms with van der Waals surface area (Å²) in [6.07, 6.45) is 2.90. The highest BCUT2D eigenvalue weighted by Crippen LogP contribution is 2.30. The van der Waals surface area contributed by atoms with E-state index in [-0.39, 0.29) is 23.2 Å². The predicted octanol–water partition coefficient (Wildman–Crippen LogP) is 4.59. The molecule has 36 heavy (non-hydrogen) atoms. The summed E-state index contributed by atoms with van der Waals surface area (Å²) in [7, 11) is 0. The second-order valence-corrected chi connectivity index (χ2v) is 9.54. The van der Waals surface area contributed by atoms with Gasteiger partial charge in [-0.15, -0.1) is 0 Å². The number of halogens is 2. The topological polar surface area (TPSA) is 83.8 Å². The van der Waals surface area contributed by atoms with Gasteiger partial charge in [-0.2, -0.15) is 0 Å². The number of piperazine rings is 1. The summed E-state index contributed by atoms with van der Waals surface area (Å²) in [6, 6.07) is 7.38. The molecule has 2 N–H and O–H groups in total. The first kappa shape index (κ1) is 24.2. The fraction of sp³-hybridized carbons (Fsp3) is 0.385. The third kappa shape index (κ3) is 4.78. The van der Waals surface area contributed by atoms with Gasteiger partial charge < -0.3 is 15.2 Å². The minimum absolute atomic E-state index is 0.00627. The van der Waals surface area contributed by atoms with Crippen LogP contribution in [0.4, 0.5) is 20.5 Å². The van der Waals surface area contributed by atoms with Gasteiger partial charge in [-0.3, -0.25) is 4.90 Å². The molecule has 1 aliphatic rings. The van der Waals surface area contributed by atoms with Gasteiger partial charge in [0.05, 0.1) is 11.7 Å². The van der Waals surface area contributed by atoms with Gasteiger partial charge in [0.15, 0.2) is 11.6 Å². The quantitative estimate of drug-likeness (QED) is 0.407. The molecule has 3 aromatic heterocycles. The zero-order valence-electron chi connectivity index (χ0n) is 20.9. The molecule has 1 saturated heterocycles. The standard InChI is InChI=1S/C26H30F2N8/c1-15(2)36-17(4)32-25-20(27)9-19(10-22(25)36)24-21(28)13-31-26(34-24)33-23-6-5-18(12-30-23)14-35-8-7-29-11-16(35)3/h5-6,9-10,12-13,15-16,29H,7-8,11,14H2,1-4H3,(H,30,31,33,34). The van der Waals surface area contributed by atoms with Crippen LogP contribution < -0.4 is 10.6 Å². The van der Waals surface area contributed by atoms with Crippen LogP contribution in [0.5, 0.6) is 0 Å². The lowest BCUT2D eigenvalue weighted by Crippen LogP contribution is -2.49. The van der Waals surface area contributed by atoms with Crippen molar-refractivity contribution in [1.29, 1.82) is 0 Å². The largest absolute Gasteiger partial charge is 0.326 e. The number of imidazole rings is 1. The molecule has 5 rings (SSSR count). The number of anilines is 2. The molecule has 0 saturated carbocycles. The van der Waals surface area contributed by atoms with Gasteiger partial charge in [-0.25, -0.2) is 28.7 Å². The number of hydrogen-bond donors (Lipinski definition) is 2. The lowest BCUT2D eigenvalue weighted by atomic mass is 10.1. The fourth-order valence-electron chi connectivity index (χ4n) is 4.75. The van der Waals surface area contributed by atoms with Crippen LogP contribution in [0.1, 0.15) is 38.2 Å². The molecule has 188 valence electrons. The first-order chi connectivity index (χ1) is 17.3. The van der Waals surface area contributed by atoms with Crippen molar-refractivity contribution in [3.63, 3.8) is 0 Å². The van der Waals surface area contributed by atoms with Crippen molar-refractivity contribution in [3.05, 3.63) is 59.7 Å². The van der Waals surface area contributed by atoms with Crippen LogP contribution in [0.25, 0.3) is 22.3 Å². The number of pyridine rings is 1. The van der Waals surface area contributed by atoms with Crippen molar-refractivity contribution in [2.24, 2.45) is 0 Å². The van der Waals surface area contributed by atoms with Crippen LogP contribution in [0.2, 0.25) is 0 Å². The van der Waals surface area contributed by atoms with Gasteiger partial charge in [-0.1, -0.05) is 6.07 Å². The average molecular weight is 493 g/mol. The molecule has 0 amide bonds. The maximum atomic E-state index is 14.9. The number of benzene rings is 1. The molecule has 0 bridgehead atoms. The van der Waals surface area contributed by atoms with Crippen LogP contribution in [-0.4, -0.2) is 55.1 Å². The highest BCUT2D eigenvalue weighted by atomic mass is 19.1. The Balaban J connectivity index is 1.39. The Morgan fingerprint density at radius 2 is 1.94 bits per heavy atom. The van der Waals surface area contributed by atoms with E-state index < -0.39 is 11.6 Å². The number of aromatic nitrogens is 5. The third-order valence-electron chi connectivity index (χ3n) is 6.55. The predicted molar refractivity (Wildman–Crippen MR) is 136 cm³/mol. The van der Waals surface area contributed by atoms with Crippen molar-refractivity contribution in [3.8, 4) is 11.3 Å². The van der Waals surface area contributed by atoms with Gasteiger partial charge in [0, 0.05) is 50.0 Å². The molecule has 4 heterocycles. The molecule has 1 aliphatic heterocycles. The summed E-state index contributed by atoms with van der Waals surface area (Å²) >= 11 is 0. The molecule has 0 aliphatic carbocycles. The van der Waals surface area contributed by atoms with Gasteiger partial charge in [0.25, 0.3) is 0 Å². The summed E-state index contributed by atoms with van der Waals surface area (Å²) in [5, 5.41) is 6.43. The number of nitrogens with zero attached hydrogens (tertiary/aromatic N) is 6. The van der Waals surface area contributed by atoms with E-state index in [0.717, 1.165) is 37.9 Å². The number of aryl methyl sites for hydroxylation is 1. The van der Waals surface area contributed by atoms with E-state index in [1.807, 2.05) is 43.7 Å². The van der Waals surface area contributed by atoms with E-state index in [9.17, 15) is 8.78 Å². The molecule has 8 nitrogen and oxygen atoms in total. The van der Waals surface area contributed by atoms with Crippen molar-refractivity contribution >= 4 is 22.8 Å². The molecule has 4 aromatic rings. The van der Waals surface area contributed by atoms with Crippen molar-refractivity contribution < 1.29 is 8.78 Å². The van der Waals surface area contributed by atoms with E-state index in [2.05, 4.69) is 42.4 Å². The average Bonchev–Trinajstić information content (AvgIpc) is 3.19. The summed E-state index contributed by atoms with van der Waals surface area (Å²) in [4.78, 5) is 19.6. The third-order valence-corrected chi connectivity index (χ3v) is 6.55. The molecular weight excluding hydrogens is 462 g/mol. The summed E-state index contributed by atoms with van der Waals surface area (Å²) in [5.41, 5.74) is 2.29. The van der Waals surface area contributed by atoms with Crippen molar-refractivity contribution in [2.75, 3.05) is 25.0 Å². The lowest BCUT2D eigenvalue weighted by Gasteiger charge is -2.33. The Kier molecular flexibility index (Phi) is 6.63. The second kappa shape index (κ2) is 9.87.